The van der Waals surface area contributed by atoms with E-state index in [0.29, 0.717) is 25.1 Å². The van der Waals surface area contributed by atoms with Crippen LogP contribution in [0.2, 0.25) is 0 Å². The maximum Gasteiger partial charge on any atom is 0.316 e. The molecule has 3 aromatic rings. The number of aromatic hydroxyl groups is 2. The van der Waals surface area contributed by atoms with E-state index in [1.807, 2.05) is 0 Å². The third kappa shape index (κ3) is 7.54. The first kappa shape index (κ1) is 27.6. The van der Waals surface area contributed by atoms with Crippen LogP contribution in [-0.4, -0.2) is 50.1 Å². The van der Waals surface area contributed by atoms with Gasteiger partial charge in [0.1, 0.15) is 23.6 Å². The number of urea groups is 1. The zero-order valence-electron chi connectivity index (χ0n) is 21.6. The van der Waals surface area contributed by atoms with Crippen molar-refractivity contribution in [3.63, 3.8) is 0 Å². The Labute approximate surface area is 225 Å². The van der Waals surface area contributed by atoms with Gasteiger partial charge in [-0.2, -0.15) is 4.98 Å². The number of amides is 2. The number of rotatable bonds is 10. The number of nitrogens with one attached hydrogen (secondary N) is 2. The van der Waals surface area contributed by atoms with Gasteiger partial charge in [-0.1, -0.05) is 29.4 Å². The van der Waals surface area contributed by atoms with Gasteiger partial charge in [0.2, 0.25) is 5.89 Å². The predicted octanol–water partition coefficient (Wildman–Crippen LogP) is 2.17. The lowest BCUT2D eigenvalue weighted by atomic mass is 9.96. The number of aromatic nitrogens is 2. The normalized spacial score (nSPS) is 17.5. The number of nitrogens with zero attached hydrogens (tertiary/aromatic N) is 3. The molecule has 0 saturated heterocycles. The molecule has 2 aromatic carbocycles. The Hall–Kier alpha value is -4.45. The second kappa shape index (κ2) is 12.4. The van der Waals surface area contributed by atoms with Crippen LogP contribution in [0.5, 0.6) is 11.5 Å². The van der Waals surface area contributed by atoms with Crippen LogP contribution < -0.4 is 22.1 Å². The molecule has 2 heterocycles. The molecule has 1 aliphatic rings. The van der Waals surface area contributed by atoms with Crippen LogP contribution in [0.3, 0.4) is 0 Å². The highest BCUT2D eigenvalue weighted by Crippen LogP contribution is 2.22. The number of hydrogen-bond acceptors (Lipinski definition) is 10. The minimum atomic E-state index is -0.838. The number of carbonyl (C=O) groups excluding carboxylic acids is 2. The molecular weight excluding hydrogens is 502 g/mol. The number of Topliss-reactive ketones (excluding diaryl/α,β-unsaturated/α-hetero) is 1. The highest BCUT2D eigenvalue weighted by Gasteiger charge is 2.31. The lowest BCUT2D eigenvalue weighted by Crippen LogP contribution is -2.52. The molecule has 12 heteroatoms. The first-order valence-corrected chi connectivity index (χ1v) is 12.7. The number of hydrogen-bond donors (Lipinski definition) is 6. The average molecular weight is 536 g/mol. The van der Waals surface area contributed by atoms with Crippen LogP contribution in [0.1, 0.15) is 61.1 Å². The van der Waals surface area contributed by atoms with Crippen LogP contribution in [0.15, 0.2) is 58.0 Å². The van der Waals surface area contributed by atoms with E-state index in [-0.39, 0.29) is 35.4 Å². The van der Waals surface area contributed by atoms with E-state index in [9.17, 15) is 19.8 Å². The summed E-state index contributed by atoms with van der Waals surface area (Å²) in [6.45, 7) is 1.40. The molecule has 0 bridgehead atoms. The highest BCUT2D eigenvalue weighted by molar-refractivity contribution is 5.89. The van der Waals surface area contributed by atoms with Gasteiger partial charge in [0, 0.05) is 12.8 Å². The van der Waals surface area contributed by atoms with Crippen LogP contribution >= 0.6 is 0 Å². The van der Waals surface area contributed by atoms with Crippen LogP contribution in [-0.2, 0) is 17.6 Å². The Morgan fingerprint density at radius 2 is 1.64 bits per heavy atom. The zero-order chi connectivity index (χ0) is 27.9. The van der Waals surface area contributed by atoms with Gasteiger partial charge in [-0.05, 0) is 61.6 Å². The summed E-state index contributed by atoms with van der Waals surface area (Å²) < 4.78 is 5.51. The van der Waals surface area contributed by atoms with E-state index in [1.54, 1.807) is 36.4 Å². The van der Waals surface area contributed by atoms with Gasteiger partial charge in [0.05, 0.1) is 17.9 Å². The number of phenolic OH excluding ortho intramolecular Hbond substituents is 2. The number of aliphatic imine (C=N–C) groups is 1. The van der Waals surface area contributed by atoms with Gasteiger partial charge >= 0.3 is 6.03 Å². The topological polar surface area (TPSA) is 202 Å². The Balaban J connectivity index is 1.51. The zero-order valence-corrected chi connectivity index (χ0v) is 21.6. The summed E-state index contributed by atoms with van der Waals surface area (Å²) >= 11 is 0. The molecule has 12 nitrogen and oxygen atoms in total. The van der Waals surface area contributed by atoms with E-state index in [0.717, 1.165) is 17.5 Å². The summed E-state index contributed by atoms with van der Waals surface area (Å²) in [6.07, 6.45) is 2.75. The fourth-order valence-corrected chi connectivity index (χ4v) is 4.47. The number of amidine groups is 1. The second-order valence-corrected chi connectivity index (χ2v) is 9.68. The third-order valence-electron chi connectivity index (χ3n) is 6.53. The molecule has 39 heavy (non-hydrogen) atoms. The lowest BCUT2D eigenvalue weighted by molar-refractivity contribution is -0.119. The smallest absolute Gasteiger partial charge is 0.316 e. The number of benzene rings is 2. The quantitative estimate of drug-likeness (QED) is 0.225. The lowest BCUT2D eigenvalue weighted by Gasteiger charge is -2.27. The molecule has 2 amide bonds. The summed E-state index contributed by atoms with van der Waals surface area (Å²) in [5.74, 6) is 0.883. The van der Waals surface area contributed by atoms with Gasteiger partial charge in [0.15, 0.2) is 11.6 Å². The molecule has 4 rings (SSSR count). The highest BCUT2D eigenvalue weighted by atomic mass is 16.5. The molecule has 0 radical (unpaired) electrons. The standard InChI is InChI=1S/C27H33N7O5/c1-15(35)24(21-3-2-4-23(29)30-21)32-27(38)31-22(14-17-7-11-19(37)12-8-17)26-33-25(34-39-26)20(28)13-16-5-9-18(36)10-6-16/h5-12,20-22,24,36-37H,2-4,13-14,28H2,1H3,(H2,29,30)(H2,31,32,38)/t20-,21?,22-,24+/m0/s1. The monoisotopic (exact) mass is 535 g/mol. The van der Waals surface area contributed by atoms with Crippen LogP contribution in [0.25, 0.3) is 0 Å². The van der Waals surface area contributed by atoms with Crippen molar-refractivity contribution in [2.45, 2.75) is 63.2 Å². The predicted molar refractivity (Wildman–Crippen MR) is 143 cm³/mol. The summed E-state index contributed by atoms with van der Waals surface area (Å²) in [7, 11) is 0. The van der Waals surface area contributed by atoms with Gasteiger partial charge in [0.25, 0.3) is 0 Å². The molecule has 206 valence electrons. The fourth-order valence-electron chi connectivity index (χ4n) is 4.47. The van der Waals surface area contributed by atoms with Gasteiger partial charge in [-0.25, -0.2) is 4.79 Å². The minimum Gasteiger partial charge on any atom is -0.508 e. The molecule has 4 atom stereocenters. The van der Waals surface area contributed by atoms with E-state index < -0.39 is 30.2 Å². The summed E-state index contributed by atoms with van der Waals surface area (Å²) in [4.78, 5) is 34.3. The molecule has 1 aliphatic heterocycles. The van der Waals surface area contributed by atoms with Crippen molar-refractivity contribution < 1.29 is 24.3 Å². The third-order valence-corrected chi connectivity index (χ3v) is 6.53. The number of phenols is 2. The maximum absolute atomic E-state index is 13.1. The van der Waals surface area contributed by atoms with E-state index in [4.69, 9.17) is 16.0 Å². The van der Waals surface area contributed by atoms with Crippen LogP contribution in [0.4, 0.5) is 4.79 Å². The average Bonchev–Trinajstić information content (AvgIpc) is 3.40. The van der Waals surface area contributed by atoms with E-state index in [2.05, 4.69) is 25.8 Å². The minimum absolute atomic E-state index is 0.109. The number of ketones is 1. The Kier molecular flexibility index (Phi) is 8.77. The van der Waals surface area contributed by atoms with E-state index in [1.165, 1.54) is 19.1 Å². The summed E-state index contributed by atoms with van der Waals surface area (Å²) in [5.41, 5.74) is 13.9. The number of carbonyl (C=O) groups is 2. The van der Waals surface area contributed by atoms with E-state index >= 15 is 0 Å². The molecule has 0 saturated carbocycles. The van der Waals surface area contributed by atoms with Crippen molar-refractivity contribution >= 4 is 17.6 Å². The largest absolute Gasteiger partial charge is 0.508 e. The van der Waals surface area contributed by atoms with Crippen molar-refractivity contribution in [2.24, 2.45) is 16.5 Å². The van der Waals surface area contributed by atoms with Crippen LogP contribution in [0, 0.1) is 0 Å². The summed E-state index contributed by atoms with van der Waals surface area (Å²) in [6, 6.07) is 9.93. The molecule has 1 aromatic heterocycles. The Morgan fingerprint density at radius 1 is 1.03 bits per heavy atom. The molecule has 0 fully saturated rings. The van der Waals surface area contributed by atoms with Crippen molar-refractivity contribution in [1.29, 1.82) is 0 Å². The molecule has 8 N–H and O–H groups in total. The SMILES string of the molecule is CC(=O)[C@@H](NC(=O)N[C@@H](Cc1ccc(O)cc1)c1nc([C@@H](N)Cc2ccc(O)cc2)no1)C1CCCC(N)=N1. The van der Waals surface area contributed by atoms with Crippen molar-refractivity contribution in [2.75, 3.05) is 0 Å². The first-order chi connectivity index (χ1) is 18.7. The second-order valence-electron chi connectivity index (χ2n) is 9.68. The Morgan fingerprint density at radius 3 is 2.23 bits per heavy atom. The Bertz CT molecular complexity index is 1310. The summed E-state index contributed by atoms with van der Waals surface area (Å²) in [5, 5.41) is 28.7. The van der Waals surface area contributed by atoms with Crippen molar-refractivity contribution in [3.05, 3.63) is 71.4 Å². The fraction of sp³-hybridized carbons (Fsp3) is 0.370. The van der Waals surface area contributed by atoms with Crippen molar-refractivity contribution in [1.82, 2.24) is 20.8 Å². The molecule has 0 aliphatic carbocycles. The van der Waals surface area contributed by atoms with Gasteiger partial charge in [-0.15, -0.1) is 0 Å². The molecule has 0 spiro atoms. The van der Waals surface area contributed by atoms with Crippen molar-refractivity contribution in [3.8, 4) is 11.5 Å². The first-order valence-electron chi connectivity index (χ1n) is 12.7. The maximum atomic E-state index is 13.1. The molecular formula is C27H33N7O5. The van der Waals surface area contributed by atoms with Gasteiger partial charge < -0.3 is 36.8 Å². The number of nitrogens with two attached hydrogens (primary N) is 2. The molecule has 1 unspecified atom stereocenters. The van der Waals surface area contributed by atoms with Gasteiger partial charge in [-0.3, -0.25) is 9.79 Å².